The molecule has 1 unspecified atom stereocenters. The van der Waals surface area contributed by atoms with Crippen LogP contribution < -0.4 is 5.32 Å². The first kappa shape index (κ1) is 16.3. The monoisotopic (exact) mass is 355 g/mol. The van der Waals surface area contributed by atoms with Gasteiger partial charge in [0.05, 0.1) is 11.4 Å². The second-order valence-electron chi connectivity index (χ2n) is 6.49. The second kappa shape index (κ2) is 7.35. The van der Waals surface area contributed by atoms with Gasteiger partial charge in [-0.3, -0.25) is 10.1 Å². The Morgan fingerprint density at radius 3 is 2.76 bits per heavy atom. The zero-order valence-corrected chi connectivity index (χ0v) is 14.8. The Balaban J connectivity index is 1.39. The fourth-order valence-corrected chi connectivity index (χ4v) is 4.32. The van der Waals surface area contributed by atoms with Gasteiger partial charge in [-0.1, -0.05) is 48.3 Å². The lowest BCUT2D eigenvalue weighted by molar-refractivity contribution is -0.125. The van der Waals surface area contributed by atoms with Gasteiger partial charge in [-0.25, -0.2) is 4.98 Å². The molecule has 2 aliphatic rings. The number of benzene rings is 1. The van der Waals surface area contributed by atoms with Crippen molar-refractivity contribution in [3.8, 4) is 0 Å². The highest BCUT2D eigenvalue weighted by Gasteiger charge is 2.29. The summed E-state index contributed by atoms with van der Waals surface area (Å²) in [6, 6.07) is 9.82. The number of hydrogen-bond donors (Lipinski definition) is 1. The van der Waals surface area contributed by atoms with Gasteiger partial charge in [-0.05, 0) is 31.2 Å². The van der Waals surface area contributed by atoms with Crippen LogP contribution in [-0.4, -0.2) is 22.7 Å². The molecule has 1 aromatic carbocycles. The lowest BCUT2D eigenvalue weighted by Gasteiger charge is -2.07. The Hall–Kier alpha value is -2.21. The molecule has 1 atom stereocenters. The summed E-state index contributed by atoms with van der Waals surface area (Å²) in [5.74, 6) is -0.170. The van der Waals surface area contributed by atoms with Crippen LogP contribution in [0, 0.1) is 0 Å². The van der Waals surface area contributed by atoms with E-state index in [0.29, 0.717) is 11.6 Å². The molecule has 1 aromatic heterocycles. The molecule has 1 aliphatic heterocycles. The number of amides is 1. The molecule has 25 heavy (non-hydrogen) atoms. The topological polar surface area (TPSA) is 63.6 Å². The number of nitrogens with zero attached hydrogens (tertiary/aromatic N) is 2. The smallest absolute Gasteiger partial charge is 0.270 e. The van der Waals surface area contributed by atoms with E-state index in [4.69, 9.17) is 4.84 Å². The van der Waals surface area contributed by atoms with Gasteiger partial charge in [0.25, 0.3) is 5.91 Å². The number of hydrogen-bond acceptors (Lipinski definition) is 5. The molecular formula is C19H21N3O2S. The van der Waals surface area contributed by atoms with Crippen LogP contribution in [0.1, 0.15) is 48.2 Å². The normalized spacial score (nSPS) is 20.0. The third-order valence-corrected chi connectivity index (χ3v) is 5.72. The van der Waals surface area contributed by atoms with E-state index >= 15 is 0 Å². The minimum absolute atomic E-state index is 0.170. The molecule has 6 heteroatoms. The predicted octanol–water partition coefficient (Wildman–Crippen LogP) is 3.93. The molecule has 0 bridgehead atoms. The molecule has 4 rings (SSSR count). The molecule has 130 valence electrons. The maximum Gasteiger partial charge on any atom is 0.270 e. The van der Waals surface area contributed by atoms with Gasteiger partial charge in [0.1, 0.15) is 0 Å². The molecule has 0 saturated heterocycles. The molecule has 1 aliphatic carbocycles. The number of aromatic nitrogens is 1. The lowest BCUT2D eigenvalue weighted by Crippen LogP contribution is -2.28. The Labute approximate surface area is 151 Å². The largest absolute Gasteiger partial charge is 0.382 e. The fraction of sp³-hybridized carbons (Fsp3) is 0.421. The third-order valence-electron chi connectivity index (χ3n) is 4.64. The van der Waals surface area contributed by atoms with Crippen molar-refractivity contribution in [3.63, 3.8) is 0 Å². The number of aryl methyl sites for hydroxylation is 2. The molecule has 0 saturated carbocycles. The number of rotatable bonds is 3. The summed E-state index contributed by atoms with van der Waals surface area (Å²) < 4.78 is 0. The van der Waals surface area contributed by atoms with Crippen molar-refractivity contribution >= 4 is 28.1 Å². The van der Waals surface area contributed by atoms with Crippen LogP contribution in [0.5, 0.6) is 0 Å². The number of carbonyl (C=O) groups excluding carboxylic acids is 1. The lowest BCUT2D eigenvalue weighted by atomic mass is 10.0. The minimum atomic E-state index is -0.582. The Bertz CT molecular complexity index is 760. The van der Waals surface area contributed by atoms with Crippen LogP contribution >= 0.6 is 11.3 Å². The van der Waals surface area contributed by atoms with Crippen molar-refractivity contribution in [2.45, 2.75) is 51.0 Å². The summed E-state index contributed by atoms with van der Waals surface area (Å²) in [5.41, 5.74) is 2.97. The minimum Gasteiger partial charge on any atom is -0.382 e. The average Bonchev–Trinajstić information content (AvgIpc) is 3.23. The maximum atomic E-state index is 12.5. The number of oxime groups is 1. The molecule has 0 fully saturated rings. The fourth-order valence-electron chi connectivity index (χ4n) is 3.26. The molecule has 0 spiro atoms. The molecular weight excluding hydrogens is 334 g/mol. The predicted molar refractivity (Wildman–Crippen MR) is 99.1 cm³/mol. The highest BCUT2D eigenvalue weighted by atomic mass is 32.1. The number of thiazole rings is 1. The van der Waals surface area contributed by atoms with E-state index in [2.05, 4.69) is 15.5 Å². The van der Waals surface area contributed by atoms with E-state index in [1.807, 2.05) is 30.3 Å². The van der Waals surface area contributed by atoms with Crippen LogP contribution in [0.15, 0.2) is 35.5 Å². The zero-order valence-electron chi connectivity index (χ0n) is 14.0. The van der Waals surface area contributed by atoms with Crippen LogP contribution in [0.2, 0.25) is 0 Å². The van der Waals surface area contributed by atoms with Gasteiger partial charge in [-0.15, -0.1) is 11.3 Å². The van der Waals surface area contributed by atoms with Gasteiger partial charge in [0.15, 0.2) is 5.13 Å². The Kier molecular flexibility index (Phi) is 4.78. The number of nitrogens with one attached hydrogen (secondary N) is 1. The average molecular weight is 355 g/mol. The highest BCUT2D eigenvalue weighted by Crippen LogP contribution is 2.29. The van der Waals surface area contributed by atoms with Crippen LogP contribution in [-0.2, 0) is 22.5 Å². The SMILES string of the molecule is O=C(Nc1nc2c(s1)CCCCCC2)C1CC(c2ccccc2)=NO1. The van der Waals surface area contributed by atoms with E-state index in [0.717, 1.165) is 29.8 Å². The van der Waals surface area contributed by atoms with Crippen molar-refractivity contribution < 1.29 is 9.63 Å². The van der Waals surface area contributed by atoms with Gasteiger partial charge in [0.2, 0.25) is 6.10 Å². The van der Waals surface area contributed by atoms with Crippen molar-refractivity contribution in [3.05, 3.63) is 46.5 Å². The van der Waals surface area contributed by atoms with Crippen LogP contribution in [0.4, 0.5) is 5.13 Å². The summed E-state index contributed by atoms with van der Waals surface area (Å²) >= 11 is 1.61. The summed E-state index contributed by atoms with van der Waals surface area (Å²) in [6.07, 6.45) is 6.95. The molecule has 0 radical (unpaired) electrons. The molecule has 1 N–H and O–H groups in total. The quantitative estimate of drug-likeness (QED) is 0.907. The number of carbonyl (C=O) groups is 1. The summed E-state index contributed by atoms with van der Waals surface area (Å²) in [6.45, 7) is 0. The van der Waals surface area contributed by atoms with E-state index in [1.54, 1.807) is 11.3 Å². The first-order valence-corrected chi connectivity index (χ1v) is 9.69. The van der Waals surface area contributed by atoms with Gasteiger partial charge in [-0.2, -0.15) is 0 Å². The van der Waals surface area contributed by atoms with Gasteiger partial charge in [0, 0.05) is 11.3 Å². The van der Waals surface area contributed by atoms with E-state index < -0.39 is 6.10 Å². The standard InChI is InChI=1S/C19H21N3O2S/c23-18(16-12-15(22-24-16)13-8-4-3-5-9-13)21-19-20-14-10-6-1-2-7-11-17(14)25-19/h3-5,8-9,16H,1-2,6-7,10-12H2,(H,20,21,23). The molecule has 2 aromatic rings. The van der Waals surface area contributed by atoms with E-state index in [1.165, 1.54) is 30.6 Å². The van der Waals surface area contributed by atoms with Crippen molar-refractivity contribution in [2.75, 3.05) is 5.32 Å². The Morgan fingerprint density at radius 2 is 1.92 bits per heavy atom. The molecule has 5 nitrogen and oxygen atoms in total. The summed E-state index contributed by atoms with van der Waals surface area (Å²) in [4.78, 5) is 23.8. The van der Waals surface area contributed by atoms with E-state index in [9.17, 15) is 4.79 Å². The highest BCUT2D eigenvalue weighted by molar-refractivity contribution is 7.15. The number of fused-ring (bicyclic) bond motifs is 1. The van der Waals surface area contributed by atoms with E-state index in [-0.39, 0.29) is 5.91 Å². The van der Waals surface area contributed by atoms with Gasteiger partial charge >= 0.3 is 0 Å². The number of anilines is 1. The first-order chi connectivity index (χ1) is 12.3. The maximum absolute atomic E-state index is 12.5. The van der Waals surface area contributed by atoms with Crippen molar-refractivity contribution in [1.29, 1.82) is 0 Å². The second-order valence-corrected chi connectivity index (χ2v) is 7.58. The van der Waals surface area contributed by atoms with Crippen molar-refractivity contribution in [2.24, 2.45) is 5.16 Å². The third kappa shape index (κ3) is 3.74. The van der Waals surface area contributed by atoms with Crippen molar-refractivity contribution in [1.82, 2.24) is 4.98 Å². The van der Waals surface area contributed by atoms with Crippen LogP contribution in [0.3, 0.4) is 0 Å². The molecule has 1 amide bonds. The summed E-state index contributed by atoms with van der Waals surface area (Å²) in [7, 11) is 0. The van der Waals surface area contributed by atoms with Gasteiger partial charge < -0.3 is 4.84 Å². The molecule has 2 heterocycles. The summed E-state index contributed by atoms with van der Waals surface area (Å²) in [5, 5.41) is 7.69. The first-order valence-electron chi connectivity index (χ1n) is 8.87. The zero-order chi connectivity index (χ0) is 17.1. The Morgan fingerprint density at radius 1 is 1.12 bits per heavy atom. The van der Waals surface area contributed by atoms with Crippen LogP contribution in [0.25, 0.3) is 0 Å².